The molecule has 1 saturated carbocycles. The quantitative estimate of drug-likeness (QED) is 0.720. The Kier molecular flexibility index (Phi) is 2.45. The number of rotatable bonds is 3. The van der Waals surface area contributed by atoms with Crippen LogP contribution in [0.4, 0.5) is 0 Å². The third-order valence-corrected chi connectivity index (χ3v) is 2.54. The van der Waals surface area contributed by atoms with Crippen LogP contribution >= 0.6 is 11.6 Å². The molecule has 1 aromatic carbocycles. The van der Waals surface area contributed by atoms with Crippen LogP contribution in [-0.4, -0.2) is 6.61 Å². The first-order valence-corrected chi connectivity index (χ1v) is 5.02. The lowest BCUT2D eigenvalue weighted by Gasteiger charge is -2.08. The monoisotopic (exact) mass is 196 g/mol. The van der Waals surface area contributed by atoms with Gasteiger partial charge in [0.1, 0.15) is 5.75 Å². The van der Waals surface area contributed by atoms with Gasteiger partial charge < -0.3 is 4.74 Å². The molecule has 0 amide bonds. The van der Waals surface area contributed by atoms with E-state index in [1.807, 2.05) is 25.1 Å². The second-order valence-corrected chi connectivity index (χ2v) is 4.10. The molecule has 1 aliphatic rings. The smallest absolute Gasteiger partial charge is 0.122 e. The summed E-state index contributed by atoms with van der Waals surface area (Å²) in [6.07, 6.45) is 2.65. The Labute approximate surface area is 83.7 Å². The van der Waals surface area contributed by atoms with E-state index in [2.05, 4.69) is 0 Å². The van der Waals surface area contributed by atoms with Crippen LogP contribution in [-0.2, 0) is 0 Å². The van der Waals surface area contributed by atoms with E-state index in [4.69, 9.17) is 16.3 Å². The predicted molar refractivity (Wildman–Crippen MR) is 54.4 cm³/mol. The Morgan fingerprint density at radius 2 is 2.23 bits per heavy atom. The molecule has 70 valence electrons. The molecule has 1 aromatic rings. The lowest BCUT2D eigenvalue weighted by molar-refractivity contribution is 0.298. The highest BCUT2D eigenvalue weighted by Crippen LogP contribution is 2.30. The summed E-state index contributed by atoms with van der Waals surface area (Å²) in [5.41, 5.74) is 1.12. The molecule has 0 spiro atoms. The summed E-state index contributed by atoms with van der Waals surface area (Å²) in [6, 6.07) is 5.75. The second kappa shape index (κ2) is 3.59. The van der Waals surface area contributed by atoms with Gasteiger partial charge in [-0.25, -0.2) is 0 Å². The van der Waals surface area contributed by atoms with Crippen molar-refractivity contribution >= 4 is 11.6 Å². The lowest BCUT2D eigenvalue weighted by Crippen LogP contribution is -1.99. The Balaban J connectivity index is 2.01. The van der Waals surface area contributed by atoms with Gasteiger partial charge in [0.05, 0.1) is 6.61 Å². The van der Waals surface area contributed by atoms with Crippen molar-refractivity contribution in [2.24, 2.45) is 5.92 Å². The van der Waals surface area contributed by atoms with Crippen molar-refractivity contribution in [2.45, 2.75) is 19.8 Å². The zero-order chi connectivity index (χ0) is 9.26. The first kappa shape index (κ1) is 8.89. The van der Waals surface area contributed by atoms with Crippen molar-refractivity contribution in [3.05, 3.63) is 28.8 Å². The Morgan fingerprint density at radius 3 is 2.85 bits per heavy atom. The lowest BCUT2D eigenvalue weighted by atomic mass is 10.2. The van der Waals surface area contributed by atoms with Gasteiger partial charge in [-0.1, -0.05) is 11.6 Å². The molecule has 1 aliphatic carbocycles. The molecule has 0 N–H and O–H groups in total. The van der Waals surface area contributed by atoms with E-state index >= 15 is 0 Å². The average molecular weight is 197 g/mol. The number of halogens is 1. The highest BCUT2D eigenvalue weighted by molar-refractivity contribution is 6.30. The number of benzene rings is 1. The molecule has 0 atom stereocenters. The minimum atomic E-state index is 0.774. The van der Waals surface area contributed by atoms with E-state index in [1.54, 1.807) is 0 Å². The maximum atomic E-state index is 5.84. The molecule has 2 rings (SSSR count). The van der Waals surface area contributed by atoms with Gasteiger partial charge in [0.25, 0.3) is 0 Å². The van der Waals surface area contributed by atoms with E-state index in [0.29, 0.717) is 0 Å². The molecule has 1 fully saturated rings. The van der Waals surface area contributed by atoms with Crippen molar-refractivity contribution in [1.82, 2.24) is 0 Å². The van der Waals surface area contributed by atoms with E-state index in [-0.39, 0.29) is 0 Å². The topological polar surface area (TPSA) is 9.23 Å². The Morgan fingerprint density at radius 1 is 1.46 bits per heavy atom. The summed E-state index contributed by atoms with van der Waals surface area (Å²) in [5.74, 6) is 1.77. The van der Waals surface area contributed by atoms with Crippen molar-refractivity contribution in [3.8, 4) is 5.75 Å². The summed E-state index contributed by atoms with van der Waals surface area (Å²) >= 11 is 5.84. The molecule has 2 heteroatoms. The molecule has 0 radical (unpaired) electrons. The van der Waals surface area contributed by atoms with Gasteiger partial charge in [0.15, 0.2) is 0 Å². The standard InChI is InChI=1S/C11H13ClO/c1-8-6-10(12)4-5-11(8)13-7-9-2-3-9/h4-6,9H,2-3,7H2,1H3. The molecule has 0 saturated heterocycles. The first-order chi connectivity index (χ1) is 6.25. The van der Waals surface area contributed by atoms with E-state index in [9.17, 15) is 0 Å². The first-order valence-electron chi connectivity index (χ1n) is 4.64. The van der Waals surface area contributed by atoms with E-state index < -0.39 is 0 Å². The van der Waals surface area contributed by atoms with Gasteiger partial charge in [-0.3, -0.25) is 0 Å². The minimum Gasteiger partial charge on any atom is -0.493 e. The highest BCUT2D eigenvalue weighted by atomic mass is 35.5. The van der Waals surface area contributed by atoms with Gasteiger partial charge in [-0.05, 0) is 49.4 Å². The molecule has 13 heavy (non-hydrogen) atoms. The van der Waals surface area contributed by atoms with Crippen LogP contribution in [0.3, 0.4) is 0 Å². The van der Waals surface area contributed by atoms with Crippen LogP contribution < -0.4 is 4.74 Å². The minimum absolute atomic E-state index is 0.774. The van der Waals surface area contributed by atoms with Gasteiger partial charge in [0.2, 0.25) is 0 Å². The molecule has 0 bridgehead atoms. The fourth-order valence-electron chi connectivity index (χ4n) is 1.27. The highest BCUT2D eigenvalue weighted by Gasteiger charge is 2.22. The molecule has 0 heterocycles. The van der Waals surface area contributed by atoms with Crippen molar-refractivity contribution in [2.75, 3.05) is 6.61 Å². The van der Waals surface area contributed by atoms with Gasteiger partial charge in [0, 0.05) is 5.02 Å². The largest absolute Gasteiger partial charge is 0.493 e. The maximum Gasteiger partial charge on any atom is 0.122 e. The fourth-order valence-corrected chi connectivity index (χ4v) is 1.49. The molecule has 0 unspecified atom stereocenters. The summed E-state index contributed by atoms with van der Waals surface area (Å²) in [5, 5.41) is 0.774. The third kappa shape index (κ3) is 2.38. The maximum absolute atomic E-state index is 5.84. The van der Waals surface area contributed by atoms with Crippen LogP contribution in [0.2, 0.25) is 5.02 Å². The van der Waals surface area contributed by atoms with Gasteiger partial charge >= 0.3 is 0 Å². The molecule has 0 aromatic heterocycles. The Bertz CT molecular complexity index is 305. The summed E-state index contributed by atoms with van der Waals surface area (Å²) in [7, 11) is 0. The molecule has 1 nitrogen and oxygen atoms in total. The van der Waals surface area contributed by atoms with E-state index in [0.717, 1.165) is 28.9 Å². The van der Waals surface area contributed by atoms with Crippen LogP contribution in [0.15, 0.2) is 18.2 Å². The van der Waals surface area contributed by atoms with Crippen molar-refractivity contribution in [1.29, 1.82) is 0 Å². The summed E-state index contributed by atoms with van der Waals surface area (Å²) < 4.78 is 5.66. The molecular formula is C11H13ClO. The zero-order valence-corrected chi connectivity index (χ0v) is 8.47. The fraction of sp³-hybridized carbons (Fsp3) is 0.455. The number of hydrogen-bond acceptors (Lipinski definition) is 1. The van der Waals surface area contributed by atoms with E-state index in [1.165, 1.54) is 12.8 Å². The van der Waals surface area contributed by atoms with Crippen LogP contribution in [0, 0.1) is 12.8 Å². The van der Waals surface area contributed by atoms with Gasteiger partial charge in [-0.2, -0.15) is 0 Å². The van der Waals surface area contributed by atoms with Crippen LogP contribution in [0.25, 0.3) is 0 Å². The zero-order valence-electron chi connectivity index (χ0n) is 7.72. The normalized spacial score (nSPS) is 15.8. The third-order valence-electron chi connectivity index (χ3n) is 2.31. The summed E-state index contributed by atoms with van der Waals surface area (Å²) in [6.45, 7) is 2.89. The predicted octanol–water partition coefficient (Wildman–Crippen LogP) is 3.44. The Hall–Kier alpha value is -0.690. The van der Waals surface area contributed by atoms with Crippen molar-refractivity contribution in [3.63, 3.8) is 0 Å². The summed E-state index contributed by atoms with van der Waals surface area (Å²) in [4.78, 5) is 0. The average Bonchev–Trinajstić information content (AvgIpc) is 2.86. The second-order valence-electron chi connectivity index (χ2n) is 3.66. The molecular weight excluding hydrogens is 184 g/mol. The van der Waals surface area contributed by atoms with Crippen molar-refractivity contribution < 1.29 is 4.74 Å². The SMILES string of the molecule is Cc1cc(Cl)ccc1OCC1CC1. The number of hydrogen-bond donors (Lipinski definition) is 0. The van der Waals surface area contributed by atoms with Gasteiger partial charge in [-0.15, -0.1) is 0 Å². The van der Waals surface area contributed by atoms with Crippen LogP contribution in [0.1, 0.15) is 18.4 Å². The number of aryl methyl sites for hydroxylation is 1. The number of ether oxygens (including phenoxy) is 1. The van der Waals surface area contributed by atoms with Crippen LogP contribution in [0.5, 0.6) is 5.75 Å². The molecule has 0 aliphatic heterocycles.